The van der Waals surface area contributed by atoms with Crippen LogP contribution in [0.15, 0.2) is 0 Å². The molecule has 0 saturated heterocycles. The van der Waals surface area contributed by atoms with Gasteiger partial charge in [-0.25, -0.2) is 0 Å². The zero-order chi connectivity index (χ0) is 11.0. The van der Waals surface area contributed by atoms with E-state index in [9.17, 15) is 9.59 Å². The van der Waals surface area contributed by atoms with Crippen molar-refractivity contribution in [2.24, 2.45) is 0 Å². The summed E-state index contributed by atoms with van der Waals surface area (Å²) in [6.45, 7) is 3.32. The Labute approximate surface area is 84.4 Å². The van der Waals surface area contributed by atoms with Gasteiger partial charge in [-0.15, -0.1) is 0 Å². The van der Waals surface area contributed by atoms with Crippen LogP contribution in [-0.2, 0) is 14.3 Å². The molecule has 1 amide bonds. The third kappa shape index (κ3) is 7.54. The lowest BCUT2D eigenvalue weighted by atomic mass is 10.4. The van der Waals surface area contributed by atoms with Gasteiger partial charge in [0.15, 0.2) is 0 Å². The Balaban J connectivity index is 3.50. The maximum Gasteiger partial charge on any atom is 0.315 e. The molecule has 0 aromatic heterocycles. The van der Waals surface area contributed by atoms with Gasteiger partial charge >= 0.3 is 5.97 Å². The van der Waals surface area contributed by atoms with E-state index in [1.54, 1.807) is 6.92 Å². The van der Waals surface area contributed by atoms with Crippen molar-refractivity contribution in [1.29, 1.82) is 0 Å². The fraction of sp³-hybridized carbons (Fsp3) is 0.778. The number of ether oxygens (including phenoxy) is 1. The SMILES string of the molecule is CCOC(=O)CC(=O)NCCN(C)C. The first-order valence-electron chi connectivity index (χ1n) is 4.63. The molecule has 82 valence electrons. The zero-order valence-electron chi connectivity index (χ0n) is 9.00. The molecule has 0 fully saturated rings. The van der Waals surface area contributed by atoms with E-state index < -0.39 is 5.97 Å². The van der Waals surface area contributed by atoms with Crippen molar-refractivity contribution >= 4 is 11.9 Å². The van der Waals surface area contributed by atoms with Gasteiger partial charge in [0.1, 0.15) is 6.42 Å². The van der Waals surface area contributed by atoms with E-state index in [4.69, 9.17) is 0 Å². The van der Waals surface area contributed by atoms with Crippen molar-refractivity contribution in [3.8, 4) is 0 Å². The molecule has 0 aliphatic rings. The highest BCUT2D eigenvalue weighted by Crippen LogP contribution is 1.86. The molecule has 0 aliphatic carbocycles. The van der Waals surface area contributed by atoms with Crippen LogP contribution in [0.3, 0.4) is 0 Å². The molecule has 0 unspecified atom stereocenters. The van der Waals surface area contributed by atoms with Crippen molar-refractivity contribution in [3.63, 3.8) is 0 Å². The summed E-state index contributed by atoms with van der Waals surface area (Å²) in [5.74, 6) is -0.764. The summed E-state index contributed by atoms with van der Waals surface area (Å²) in [5.41, 5.74) is 0. The van der Waals surface area contributed by atoms with E-state index >= 15 is 0 Å². The first-order chi connectivity index (χ1) is 6.56. The van der Waals surface area contributed by atoms with Crippen LogP contribution in [0.25, 0.3) is 0 Å². The van der Waals surface area contributed by atoms with Gasteiger partial charge in [0.25, 0.3) is 0 Å². The molecule has 0 aromatic rings. The smallest absolute Gasteiger partial charge is 0.315 e. The molecule has 0 atom stereocenters. The van der Waals surface area contributed by atoms with Crippen LogP contribution >= 0.6 is 0 Å². The van der Waals surface area contributed by atoms with Gasteiger partial charge < -0.3 is 15.0 Å². The zero-order valence-corrected chi connectivity index (χ0v) is 9.00. The Bertz CT molecular complexity index is 192. The van der Waals surface area contributed by atoms with Crippen molar-refractivity contribution in [3.05, 3.63) is 0 Å². The van der Waals surface area contributed by atoms with E-state index in [1.165, 1.54) is 0 Å². The third-order valence-electron chi connectivity index (χ3n) is 1.49. The molecule has 5 heteroatoms. The van der Waals surface area contributed by atoms with Crippen molar-refractivity contribution in [2.75, 3.05) is 33.8 Å². The normalized spacial score (nSPS) is 10.0. The summed E-state index contributed by atoms with van der Waals surface area (Å²) >= 11 is 0. The quantitative estimate of drug-likeness (QED) is 0.471. The number of esters is 1. The van der Waals surface area contributed by atoms with E-state index in [-0.39, 0.29) is 12.3 Å². The van der Waals surface area contributed by atoms with E-state index in [0.29, 0.717) is 13.2 Å². The topological polar surface area (TPSA) is 58.6 Å². The standard InChI is InChI=1S/C9H18N2O3/c1-4-14-9(13)7-8(12)10-5-6-11(2)3/h4-7H2,1-3H3,(H,10,12). The second kappa shape index (κ2) is 7.32. The number of nitrogens with zero attached hydrogens (tertiary/aromatic N) is 1. The van der Waals surface area contributed by atoms with E-state index in [1.807, 2.05) is 19.0 Å². The Morgan fingerprint density at radius 2 is 2.00 bits per heavy atom. The van der Waals surface area contributed by atoms with Gasteiger partial charge in [-0.2, -0.15) is 0 Å². The average molecular weight is 202 g/mol. The van der Waals surface area contributed by atoms with Crippen LogP contribution in [0.5, 0.6) is 0 Å². The van der Waals surface area contributed by atoms with E-state index in [0.717, 1.165) is 6.54 Å². The Hall–Kier alpha value is -1.10. The molecule has 0 aromatic carbocycles. The van der Waals surface area contributed by atoms with E-state index in [2.05, 4.69) is 10.1 Å². The lowest BCUT2D eigenvalue weighted by Gasteiger charge is -2.09. The minimum atomic E-state index is -0.477. The summed E-state index contributed by atoms with van der Waals surface area (Å²) in [6, 6.07) is 0. The summed E-state index contributed by atoms with van der Waals surface area (Å²) in [5, 5.41) is 2.62. The van der Waals surface area contributed by atoms with Crippen LogP contribution < -0.4 is 5.32 Å². The third-order valence-corrected chi connectivity index (χ3v) is 1.49. The largest absolute Gasteiger partial charge is 0.466 e. The average Bonchev–Trinajstić information content (AvgIpc) is 2.03. The van der Waals surface area contributed by atoms with Gasteiger partial charge in [0.05, 0.1) is 6.61 Å². The van der Waals surface area contributed by atoms with Gasteiger partial charge in [0, 0.05) is 13.1 Å². The molecule has 14 heavy (non-hydrogen) atoms. The molecular weight excluding hydrogens is 184 g/mol. The van der Waals surface area contributed by atoms with Gasteiger partial charge in [-0.3, -0.25) is 9.59 Å². The molecule has 0 aliphatic heterocycles. The first-order valence-corrected chi connectivity index (χ1v) is 4.63. The molecule has 0 rings (SSSR count). The number of hydrogen-bond acceptors (Lipinski definition) is 4. The maximum atomic E-state index is 11.1. The maximum absolute atomic E-state index is 11.1. The fourth-order valence-corrected chi connectivity index (χ4v) is 0.825. The summed E-state index contributed by atoms with van der Waals surface area (Å²) in [7, 11) is 3.83. The molecule has 0 spiro atoms. The number of nitrogens with one attached hydrogen (secondary N) is 1. The lowest BCUT2D eigenvalue weighted by Crippen LogP contribution is -2.32. The van der Waals surface area contributed by atoms with Gasteiger partial charge in [-0.1, -0.05) is 0 Å². The fourth-order valence-electron chi connectivity index (χ4n) is 0.825. The summed E-state index contributed by atoms with van der Waals surface area (Å²) < 4.78 is 4.63. The van der Waals surface area contributed by atoms with Crippen LogP contribution in [0.1, 0.15) is 13.3 Å². The second-order valence-electron chi connectivity index (χ2n) is 3.14. The molecule has 0 radical (unpaired) electrons. The summed E-state index contributed by atoms with van der Waals surface area (Å²) in [4.78, 5) is 23.9. The second-order valence-corrected chi connectivity index (χ2v) is 3.14. The number of carbonyl (C=O) groups excluding carboxylic acids is 2. The van der Waals surface area contributed by atoms with Crippen molar-refractivity contribution in [2.45, 2.75) is 13.3 Å². The molecule has 0 bridgehead atoms. The van der Waals surface area contributed by atoms with Crippen LogP contribution in [-0.4, -0.2) is 50.6 Å². The lowest BCUT2D eigenvalue weighted by molar-refractivity contribution is -0.145. The van der Waals surface area contributed by atoms with Gasteiger partial charge in [-0.05, 0) is 21.0 Å². The predicted octanol–water partition coefficient (Wildman–Crippen LogP) is -0.383. The van der Waals surface area contributed by atoms with Gasteiger partial charge in [0.2, 0.25) is 5.91 Å². The highest BCUT2D eigenvalue weighted by atomic mass is 16.5. The Morgan fingerprint density at radius 3 is 2.50 bits per heavy atom. The molecule has 1 N–H and O–H groups in total. The molecule has 5 nitrogen and oxygen atoms in total. The van der Waals surface area contributed by atoms with Crippen molar-refractivity contribution < 1.29 is 14.3 Å². The first kappa shape index (κ1) is 12.9. The van der Waals surface area contributed by atoms with Crippen LogP contribution in [0.4, 0.5) is 0 Å². The van der Waals surface area contributed by atoms with Crippen molar-refractivity contribution in [1.82, 2.24) is 10.2 Å². The van der Waals surface area contributed by atoms with Crippen LogP contribution in [0.2, 0.25) is 0 Å². The highest BCUT2D eigenvalue weighted by molar-refractivity contribution is 5.94. The number of carbonyl (C=O) groups is 2. The number of amides is 1. The number of rotatable bonds is 6. The summed E-state index contributed by atoms with van der Waals surface area (Å²) in [6.07, 6.45) is -0.193. The minimum absolute atomic E-state index is 0.193. The highest BCUT2D eigenvalue weighted by Gasteiger charge is 2.08. The molecular formula is C9H18N2O3. The number of likely N-dealkylation sites (N-methyl/N-ethyl adjacent to an activating group) is 1. The molecule has 0 saturated carbocycles. The van der Waals surface area contributed by atoms with Crippen LogP contribution in [0, 0.1) is 0 Å². The molecule has 0 heterocycles. The Kier molecular flexibility index (Phi) is 6.74. The minimum Gasteiger partial charge on any atom is -0.466 e. The Morgan fingerprint density at radius 1 is 1.36 bits per heavy atom. The predicted molar refractivity (Wildman–Crippen MR) is 52.8 cm³/mol. The monoisotopic (exact) mass is 202 g/mol. The number of hydrogen-bond donors (Lipinski definition) is 1.